The lowest BCUT2D eigenvalue weighted by Gasteiger charge is -2.29. The Bertz CT molecular complexity index is 596. The van der Waals surface area contributed by atoms with Gasteiger partial charge in [0.15, 0.2) is 0 Å². The SMILES string of the molecule is CCCCC(OC)(C(=O)OC)n1nnc2ccccc21. The van der Waals surface area contributed by atoms with Gasteiger partial charge in [-0.2, -0.15) is 0 Å². The van der Waals surface area contributed by atoms with Crippen LogP contribution in [0, 0.1) is 0 Å². The summed E-state index contributed by atoms with van der Waals surface area (Å²) in [5.74, 6) is -0.468. The van der Waals surface area contributed by atoms with Crippen LogP contribution in [0.25, 0.3) is 11.0 Å². The fraction of sp³-hybridized carbons (Fsp3) is 0.500. The molecule has 1 heterocycles. The van der Waals surface area contributed by atoms with E-state index in [4.69, 9.17) is 9.47 Å². The van der Waals surface area contributed by atoms with Crippen molar-refractivity contribution in [3.8, 4) is 0 Å². The molecule has 0 saturated carbocycles. The molecular formula is C14H19N3O3. The summed E-state index contributed by atoms with van der Waals surface area (Å²) in [6, 6.07) is 7.45. The van der Waals surface area contributed by atoms with E-state index in [1.807, 2.05) is 24.3 Å². The van der Waals surface area contributed by atoms with Gasteiger partial charge in [0.2, 0.25) is 0 Å². The first-order valence-corrected chi connectivity index (χ1v) is 6.64. The highest BCUT2D eigenvalue weighted by molar-refractivity contribution is 5.81. The van der Waals surface area contributed by atoms with E-state index in [0.717, 1.165) is 18.4 Å². The fourth-order valence-corrected chi connectivity index (χ4v) is 2.28. The zero-order valence-corrected chi connectivity index (χ0v) is 12.0. The van der Waals surface area contributed by atoms with Crippen molar-refractivity contribution in [3.63, 3.8) is 0 Å². The first kappa shape index (κ1) is 14.5. The van der Waals surface area contributed by atoms with E-state index >= 15 is 0 Å². The average Bonchev–Trinajstić information content (AvgIpc) is 2.93. The molecule has 1 unspecified atom stereocenters. The van der Waals surface area contributed by atoms with Gasteiger partial charge in [-0.15, -0.1) is 5.10 Å². The van der Waals surface area contributed by atoms with Crippen molar-refractivity contribution in [1.29, 1.82) is 0 Å². The van der Waals surface area contributed by atoms with Gasteiger partial charge in [-0.25, -0.2) is 9.48 Å². The Hall–Kier alpha value is -1.95. The molecule has 1 aromatic carbocycles. The van der Waals surface area contributed by atoms with E-state index in [9.17, 15) is 4.79 Å². The van der Waals surface area contributed by atoms with Crippen LogP contribution in [0.2, 0.25) is 0 Å². The smallest absolute Gasteiger partial charge is 0.361 e. The molecule has 0 spiro atoms. The predicted molar refractivity (Wildman–Crippen MR) is 74.1 cm³/mol. The molecule has 0 saturated heterocycles. The number of benzene rings is 1. The van der Waals surface area contributed by atoms with Crippen LogP contribution in [0.3, 0.4) is 0 Å². The fourth-order valence-electron chi connectivity index (χ4n) is 2.28. The van der Waals surface area contributed by atoms with E-state index in [-0.39, 0.29) is 0 Å². The van der Waals surface area contributed by atoms with Crippen LogP contribution in [0.4, 0.5) is 0 Å². The van der Waals surface area contributed by atoms with Crippen molar-refractivity contribution in [2.24, 2.45) is 0 Å². The first-order chi connectivity index (χ1) is 9.69. The minimum absolute atomic E-state index is 0.468. The van der Waals surface area contributed by atoms with Crippen LogP contribution in [0.5, 0.6) is 0 Å². The van der Waals surface area contributed by atoms with Gasteiger partial charge < -0.3 is 9.47 Å². The molecule has 20 heavy (non-hydrogen) atoms. The Morgan fingerprint density at radius 3 is 2.75 bits per heavy atom. The van der Waals surface area contributed by atoms with Gasteiger partial charge in [-0.05, 0) is 18.6 Å². The lowest BCUT2D eigenvalue weighted by atomic mass is 10.1. The summed E-state index contributed by atoms with van der Waals surface area (Å²) in [6.45, 7) is 2.05. The van der Waals surface area contributed by atoms with Gasteiger partial charge in [0.1, 0.15) is 5.52 Å². The third kappa shape index (κ3) is 2.27. The van der Waals surface area contributed by atoms with Crippen molar-refractivity contribution < 1.29 is 14.3 Å². The van der Waals surface area contributed by atoms with Crippen molar-refractivity contribution in [2.75, 3.05) is 14.2 Å². The molecule has 0 aliphatic heterocycles. The molecule has 2 rings (SSSR count). The third-order valence-corrected chi connectivity index (χ3v) is 3.41. The van der Waals surface area contributed by atoms with E-state index in [0.29, 0.717) is 11.9 Å². The zero-order valence-electron chi connectivity index (χ0n) is 12.0. The number of para-hydroxylation sites is 1. The summed E-state index contributed by atoms with van der Waals surface area (Å²) in [4.78, 5) is 12.3. The lowest BCUT2D eigenvalue weighted by molar-refractivity contribution is -0.184. The highest BCUT2D eigenvalue weighted by Crippen LogP contribution is 2.29. The number of nitrogens with zero attached hydrogens (tertiary/aromatic N) is 3. The topological polar surface area (TPSA) is 66.2 Å². The third-order valence-electron chi connectivity index (χ3n) is 3.41. The largest absolute Gasteiger partial charge is 0.465 e. The molecule has 6 heteroatoms. The molecule has 0 aliphatic carbocycles. The van der Waals surface area contributed by atoms with Gasteiger partial charge >= 0.3 is 5.97 Å². The van der Waals surface area contributed by atoms with Crippen LogP contribution < -0.4 is 0 Å². The van der Waals surface area contributed by atoms with E-state index < -0.39 is 11.7 Å². The van der Waals surface area contributed by atoms with Gasteiger partial charge in [0.05, 0.1) is 12.6 Å². The van der Waals surface area contributed by atoms with E-state index in [2.05, 4.69) is 17.2 Å². The predicted octanol–water partition coefficient (Wildman–Crippen LogP) is 2.09. The molecule has 108 valence electrons. The van der Waals surface area contributed by atoms with E-state index in [1.165, 1.54) is 18.9 Å². The van der Waals surface area contributed by atoms with Crippen molar-refractivity contribution in [1.82, 2.24) is 15.0 Å². The summed E-state index contributed by atoms with van der Waals surface area (Å²) >= 11 is 0. The van der Waals surface area contributed by atoms with Crippen LogP contribution in [0.15, 0.2) is 24.3 Å². The van der Waals surface area contributed by atoms with Crippen LogP contribution in [-0.2, 0) is 20.0 Å². The summed E-state index contributed by atoms with van der Waals surface area (Å²) in [6.07, 6.45) is 2.24. The minimum atomic E-state index is -1.26. The lowest BCUT2D eigenvalue weighted by Crippen LogP contribution is -2.45. The summed E-state index contributed by atoms with van der Waals surface area (Å²) in [5.41, 5.74) is 0.200. The average molecular weight is 277 g/mol. The number of rotatable bonds is 6. The summed E-state index contributed by atoms with van der Waals surface area (Å²) in [7, 11) is 2.84. The minimum Gasteiger partial charge on any atom is -0.465 e. The number of esters is 1. The number of carbonyl (C=O) groups excluding carboxylic acids is 1. The second-order valence-corrected chi connectivity index (χ2v) is 4.57. The van der Waals surface area contributed by atoms with Crippen LogP contribution in [0.1, 0.15) is 26.2 Å². The van der Waals surface area contributed by atoms with Crippen molar-refractivity contribution in [2.45, 2.75) is 31.9 Å². The molecule has 0 N–H and O–H groups in total. The second kappa shape index (κ2) is 6.00. The Morgan fingerprint density at radius 2 is 2.10 bits per heavy atom. The number of unbranched alkanes of at least 4 members (excludes halogenated alkanes) is 1. The zero-order chi connectivity index (χ0) is 14.6. The normalized spacial score (nSPS) is 14.2. The highest BCUT2D eigenvalue weighted by Gasteiger charge is 2.43. The maximum Gasteiger partial charge on any atom is 0.361 e. The van der Waals surface area contributed by atoms with Gasteiger partial charge in [0.25, 0.3) is 5.72 Å². The number of methoxy groups -OCH3 is 2. The molecule has 0 fully saturated rings. The number of aromatic nitrogens is 3. The Balaban J connectivity index is 2.57. The molecule has 2 aromatic rings. The first-order valence-electron chi connectivity index (χ1n) is 6.64. The van der Waals surface area contributed by atoms with E-state index in [1.54, 1.807) is 0 Å². The van der Waals surface area contributed by atoms with Gasteiger partial charge in [0, 0.05) is 13.5 Å². The Labute approximate surface area is 117 Å². The van der Waals surface area contributed by atoms with Crippen molar-refractivity contribution >= 4 is 17.0 Å². The standard InChI is InChI=1S/C14H19N3O3/c1-4-5-10-14(20-3,13(18)19-2)17-12-9-7-6-8-11(12)15-16-17/h6-9H,4-5,10H2,1-3H3. The molecule has 1 atom stereocenters. The molecule has 6 nitrogen and oxygen atoms in total. The molecular weight excluding hydrogens is 258 g/mol. The Morgan fingerprint density at radius 1 is 1.35 bits per heavy atom. The number of ether oxygens (including phenoxy) is 2. The summed E-state index contributed by atoms with van der Waals surface area (Å²) < 4.78 is 12.0. The maximum absolute atomic E-state index is 12.3. The van der Waals surface area contributed by atoms with Crippen LogP contribution in [-0.4, -0.2) is 35.2 Å². The quantitative estimate of drug-likeness (QED) is 0.756. The molecule has 0 radical (unpaired) electrons. The highest BCUT2D eigenvalue weighted by atomic mass is 16.6. The number of carbonyl (C=O) groups is 1. The molecule has 0 bridgehead atoms. The second-order valence-electron chi connectivity index (χ2n) is 4.57. The number of fused-ring (bicyclic) bond motifs is 1. The maximum atomic E-state index is 12.3. The number of hydrogen-bond acceptors (Lipinski definition) is 5. The van der Waals surface area contributed by atoms with Crippen LogP contribution >= 0.6 is 0 Å². The molecule has 0 aliphatic rings. The molecule has 0 amide bonds. The molecule has 1 aromatic heterocycles. The monoisotopic (exact) mass is 277 g/mol. The van der Waals surface area contributed by atoms with Gasteiger partial charge in [-0.3, -0.25) is 0 Å². The number of hydrogen-bond donors (Lipinski definition) is 0. The Kier molecular flexibility index (Phi) is 4.34. The summed E-state index contributed by atoms with van der Waals surface area (Å²) in [5, 5.41) is 8.18. The van der Waals surface area contributed by atoms with Crippen molar-refractivity contribution in [3.05, 3.63) is 24.3 Å². The van der Waals surface area contributed by atoms with Gasteiger partial charge in [-0.1, -0.05) is 30.7 Å².